The number of aliphatic hydroxyl groups is 1. The second-order valence-electron chi connectivity index (χ2n) is 7.41. The number of rotatable bonds is 5. The quantitative estimate of drug-likeness (QED) is 0.868. The van der Waals surface area contributed by atoms with Gasteiger partial charge in [0.1, 0.15) is 0 Å². The predicted octanol–water partition coefficient (Wildman–Crippen LogP) is 3.52. The molecule has 132 valence electrons. The lowest BCUT2D eigenvalue weighted by Gasteiger charge is -2.32. The number of carbonyl (C=O) groups is 1. The third-order valence-electron chi connectivity index (χ3n) is 5.49. The second kappa shape index (κ2) is 8.52. The summed E-state index contributed by atoms with van der Waals surface area (Å²) < 4.78 is 0. The third-order valence-corrected chi connectivity index (χ3v) is 5.49. The van der Waals surface area contributed by atoms with E-state index in [2.05, 4.69) is 5.32 Å². The fraction of sp³-hybridized carbons (Fsp3) is 0.650. The SMILES string of the molecule is O=C(c1cccc(NCC2CCCCC2)c1)N1CCCC(CO)C1. The molecule has 0 aromatic heterocycles. The molecule has 24 heavy (non-hydrogen) atoms. The van der Waals surface area contributed by atoms with E-state index >= 15 is 0 Å². The monoisotopic (exact) mass is 330 g/mol. The molecule has 1 amide bonds. The highest BCUT2D eigenvalue weighted by atomic mass is 16.3. The zero-order chi connectivity index (χ0) is 16.8. The molecule has 4 heteroatoms. The van der Waals surface area contributed by atoms with Gasteiger partial charge in [-0.1, -0.05) is 25.3 Å². The molecule has 0 radical (unpaired) electrons. The second-order valence-corrected chi connectivity index (χ2v) is 7.41. The molecular weight excluding hydrogens is 300 g/mol. The van der Waals surface area contributed by atoms with Gasteiger partial charge in [0.25, 0.3) is 5.91 Å². The van der Waals surface area contributed by atoms with Gasteiger partial charge in [-0.3, -0.25) is 4.79 Å². The first-order valence-electron chi connectivity index (χ1n) is 9.50. The van der Waals surface area contributed by atoms with Crippen LogP contribution in [0, 0.1) is 11.8 Å². The Kier molecular flexibility index (Phi) is 6.13. The summed E-state index contributed by atoms with van der Waals surface area (Å²) in [6.45, 7) is 2.66. The first-order chi connectivity index (χ1) is 11.8. The maximum Gasteiger partial charge on any atom is 0.253 e. The first-order valence-corrected chi connectivity index (χ1v) is 9.50. The van der Waals surface area contributed by atoms with E-state index in [-0.39, 0.29) is 18.4 Å². The van der Waals surface area contributed by atoms with Crippen LogP contribution in [0.3, 0.4) is 0 Å². The number of hydrogen-bond acceptors (Lipinski definition) is 3. The molecule has 1 aliphatic carbocycles. The predicted molar refractivity (Wildman–Crippen MR) is 97.2 cm³/mol. The number of amides is 1. The van der Waals surface area contributed by atoms with E-state index in [4.69, 9.17) is 0 Å². The average Bonchev–Trinajstić information content (AvgIpc) is 2.67. The Hall–Kier alpha value is -1.55. The number of anilines is 1. The molecular formula is C20H30N2O2. The van der Waals surface area contributed by atoms with Crippen molar-refractivity contribution in [1.82, 2.24) is 4.90 Å². The van der Waals surface area contributed by atoms with Crippen LogP contribution in [0.4, 0.5) is 5.69 Å². The van der Waals surface area contributed by atoms with Crippen molar-refractivity contribution in [3.05, 3.63) is 29.8 Å². The van der Waals surface area contributed by atoms with Crippen LogP contribution in [0.15, 0.2) is 24.3 Å². The number of benzene rings is 1. The van der Waals surface area contributed by atoms with Gasteiger partial charge in [-0.05, 0) is 55.7 Å². The van der Waals surface area contributed by atoms with E-state index in [9.17, 15) is 9.90 Å². The van der Waals surface area contributed by atoms with Crippen LogP contribution < -0.4 is 5.32 Å². The maximum atomic E-state index is 12.7. The molecule has 2 fully saturated rings. The highest BCUT2D eigenvalue weighted by molar-refractivity contribution is 5.95. The van der Waals surface area contributed by atoms with Crippen molar-refractivity contribution in [2.45, 2.75) is 44.9 Å². The van der Waals surface area contributed by atoms with E-state index in [1.54, 1.807) is 0 Å². The summed E-state index contributed by atoms with van der Waals surface area (Å²) in [5.41, 5.74) is 1.80. The molecule has 2 aliphatic rings. The fourth-order valence-electron chi connectivity index (χ4n) is 4.00. The zero-order valence-corrected chi connectivity index (χ0v) is 14.5. The summed E-state index contributed by atoms with van der Waals surface area (Å²) >= 11 is 0. The van der Waals surface area contributed by atoms with E-state index in [0.717, 1.165) is 43.1 Å². The summed E-state index contributed by atoms with van der Waals surface area (Å²) in [5.74, 6) is 1.09. The molecule has 1 saturated carbocycles. The minimum Gasteiger partial charge on any atom is -0.396 e. The van der Waals surface area contributed by atoms with Gasteiger partial charge in [0.05, 0.1) is 0 Å². The zero-order valence-electron chi connectivity index (χ0n) is 14.5. The molecule has 1 atom stereocenters. The molecule has 1 unspecified atom stereocenters. The van der Waals surface area contributed by atoms with Crippen LogP contribution in [0.2, 0.25) is 0 Å². The summed E-state index contributed by atoms with van der Waals surface area (Å²) in [7, 11) is 0. The number of piperidine rings is 1. The van der Waals surface area contributed by atoms with Gasteiger partial charge in [0, 0.05) is 37.5 Å². The van der Waals surface area contributed by atoms with Crippen LogP contribution >= 0.6 is 0 Å². The van der Waals surface area contributed by atoms with Gasteiger partial charge in [0.2, 0.25) is 0 Å². The van der Waals surface area contributed by atoms with Gasteiger partial charge in [-0.25, -0.2) is 0 Å². The Morgan fingerprint density at radius 2 is 1.92 bits per heavy atom. The molecule has 4 nitrogen and oxygen atoms in total. The van der Waals surface area contributed by atoms with Crippen molar-refractivity contribution in [3.8, 4) is 0 Å². The van der Waals surface area contributed by atoms with Crippen LogP contribution in [-0.2, 0) is 0 Å². The standard InChI is InChI=1S/C20H30N2O2/c23-15-17-8-5-11-22(14-17)20(24)18-9-4-10-19(12-18)21-13-16-6-2-1-3-7-16/h4,9-10,12,16-17,21,23H,1-3,5-8,11,13-15H2. The Bertz CT molecular complexity index is 540. The lowest BCUT2D eigenvalue weighted by atomic mass is 9.89. The molecule has 2 N–H and O–H groups in total. The van der Waals surface area contributed by atoms with Crippen molar-refractivity contribution >= 4 is 11.6 Å². The lowest BCUT2D eigenvalue weighted by Crippen LogP contribution is -2.40. The molecule has 1 aromatic carbocycles. The average molecular weight is 330 g/mol. The third kappa shape index (κ3) is 4.50. The Labute approximate surface area is 145 Å². The molecule has 3 rings (SSSR count). The number of hydrogen-bond donors (Lipinski definition) is 2. The van der Waals surface area contributed by atoms with Gasteiger partial charge in [-0.2, -0.15) is 0 Å². The Morgan fingerprint density at radius 3 is 2.71 bits per heavy atom. The number of carbonyl (C=O) groups excluding carboxylic acids is 1. The number of aliphatic hydroxyl groups excluding tert-OH is 1. The minimum atomic E-state index is 0.0921. The molecule has 0 bridgehead atoms. The van der Waals surface area contributed by atoms with E-state index in [0.29, 0.717) is 6.54 Å². The van der Waals surface area contributed by atoms with Crippen LogP contribution in [0.1, 0.15) is 55.3 Å². The van der Waals surface area contributed by atoms with Crippen LogP contribution in [-0.4, -0.2) is 42.2 Å². The van der Waals surface area contributed by atoms with Crippen molar-refractivity contribution in [3.63, 3.8) is 0 Å². The van der Waals surface area contributed by atoms with Crippen molar-refractivity contribution in [2.24, 2.45) is 11.8 Å². The van der Waals surface area contributed by atoms with Crippen molar-refractivity contribution < 1.29 is 9.90 Å². The van der Waals surface area contributed by atoms with Gasteiger partial charge in [0.15, 0.2) is 0 Å². The minimum absolute atomic E-state index is 0.0921. The summed E-state index contributed by atoms with van der Waals surface area (Å²) in [6, 6.07) is 7.89. The highest BCUT2D eigenvalue weighted by Crippen LogP contribution is 2.24. The Balaban J connectivity index is 1.58. The molecule has 0 spiro atoms. The van der Waals surface area contributed by atoms with Gasteiger partial charge in [-0.15, -0.1) is 0 Å². The maximum absolute atomic E-state index is 12.7. The van der Waals surface area contributed by atoms with Crippen LogP contribution in [0.5, 0.6) is 0 Å². The van der Waals surface area contributed by atoms with Gasteiger partial charge < -0.3 is 15.3 Å². The van der Waals surface area contributed by atoms with E-state index in [1.165, 1.54) is 32.1 Å². The van der Waals surface area contributed by atoms with E-state index < -0.39 is 0 Å². The molecule has 1 aromatic rings. The highest BCUT2D eigenvalue weighted by Gasteiger charge is 2.24. The summed E-state index contributed by atoms with van der Waals surface area (Å²) in [4.78, 5) is 14.6. The number of nitrogens with one attached hydrogen (secondary N) is 1. The lowest BCUT2D eigenvalue weighted by molar-refractivity contribution is 0.0621. The van der Waals surface area contributed by atoms with Gasteiger partial charge >= 0.3 is 0 Å². The fourth-order valence-corrected chi connectivity index (χ4v) is 4.00. The molecule has 1 heterocycles. The molecule has 1 saturated heterocycles. The Morgan fingerprint density at radius 1 is 1.12 bits per heavy atom. The normalized spacial score (nSPS) is 22.4. The number of nitrogens with zero attached hydrogens (tertiary/aromatic N) is 1. The van der Waals surface area contributed by atoms with Crippen LogP contribution in [0.25, 0.3) is 0 Å². The first kappa shape index (κ1) is 17.3. The number of likely N-dealkylation sites (tertiary alicyclic amines) is 1. The van der Waals surface area contributed by atoms with Crippen molar-refractivity contribution in [2.75, 3.05) is 31.6 Å². The van der Waals surface area contributed by atoms with Crippen molar-refractivity contribution in [1.29, 1.82) is 0 Å². The summed E-state index contributed by atoms with van der Waals surface area (Å²) in [6.07, 6.45) is 8.73. The smallest absolute Gasteiger partial charge is 0.253 e. The summed E-state index contributed by atoms with van der Waals surface area (Å²) in [5, 5.41) is 12.9. The topological polar surface area (TPSA) is 52.6 Å². The molecule has 1 aliphatic heterocycles. The van der Waals surface area contributed by atoms with E-state index in [1.807, 2.05) is 29.2 Å². The largest absolute Gasteiger partial charge is 0.396 e.